The number of carbonyl (C=O) groups is 4. The van der Waals surface area contributed by atoms with Crippen molar-refractivity contribution in [1.29, 1.82) is 0 Å². The zero-order chi connectivity index (χ0) is 75.6. The fraction of sp³-hybridized carbons (Fsp3) is 0.952. The van der Waals surface area contributed by atoms with Crippen LogP contribution >= 0.6 is 15.6 Å². The fourth-order valence-corrected chi connectivity index (χ4v) is 14.6. The first kappa shape index (κ1) is 101. The van der Waals surface area contributed by atoms with Gasteiger partial charge in [-0.2, -0.15) is 0 Å². The highest BCUT2D eigenvalue weighted by Crippen LogP contribution is 2.45. The lowest BCUT2D eigenvalue weighted by molar-refractivity contribution is -0.161. The smallest absolute Gasteiger partial charge is 0.462 e. The lowest BCUT2D eigenvalue weighted by Gasteiger charge is -2.21. The maximum Gasteiger partial charge on any atom is 0.472 e. The molecule has 0 aromatic carbocycles. The van der Waals surface area contributed by atoms with Crippen LogP contribution in [0.5, 0.6) is 0 Å². The largest absolute Gasteiger partial charge is 0.472 e. The monoisotopic (exact) mass is 1510 g/mol. The summed E-state index contributed by atoms with van der Waals surface area (Å²) in [6.45, 7) is 9.60. The van der Waals surface area contributed by atoms with Gasteiger partial charge in [0.1, 0.15) is 19.3 Å². The predicted molar refractivity (Wildman–Crippen MR) is 423 cm³/mol. The number of phosphoric ester groups is 2. The second-order valence-electron chi connectivity index (χ2n) is 30.9. The summed E-state index contributed by atoms with van der Waals surface area (Å²) in [6, 6.07) is 0. The zero-order valence-corrected chi connectivity index (χ0v) is 69.4. The minimum atomic E-state index is -4.96. The van der Waals surface area contributed by atoms with Crippen molar-refractivity contribution in [2.24, 2.45) is 11.8 Å². The second-order valence-corrected chi connectivity index (χ2v) is 33.8. The van der Waals surface area contributed by atoms with Gasteiger partial charge in [-0.1, -0.05) is 395 Å². The van der Waals surface area contributed by atoms with Crippen LogP contribution in [0.3, 0.4) is 0 Å². The average Bonchev–Trinajstić information content (AvgIpc) is 0.910. The molecule has 0 aromatic heterocycles. The Morgan fingerprint density at radius 2 is 0.495 bits per heavy atom. The standard InChI is InChI=1S/C84H164O17P2/c1-7-10-12-14-16-18-20-22-24-26-28-29-31-33-35-37-39-44-48-56-62-68-83(88)100-79(72-94-81(86)66-60-54-47-43-38-36-34-32-30-27-25-23-21-19-17-15-13-11-8-2)74-98-102(90,91)96-70-78(85)71-97-103(92,93)99-75-80(73-95-82(87)67-61-55-51-50-53-59-65-77(6)9-3)101-84(89)69-63-57-49-45-41-40-42-46-52-58-64-76(4)5/h76-80,85H,7-75H2,1-6H3,(H,90,91)(H,92,93)/t77?,78-,79-,80-/m1/s1. The molecule has 19 heteroatoms. The van der Waals surface area contributed by atoms with Crippen LogP contribution in [0, 0.1) is 11.8 Å². The molecule has 3 N–H and O–H groups in total. The summed E-state index contributed by atoms with van der Waals surface area (Å²) in [4.78, 5) is 73.1. The van der Waals surface area contributed by atoms with E-state index >= 15 is 0 Å². The highest BCUT2D eigenvalue weighted by atomic mass is 31.2. The maximum atomic E-state index is 13.1. The molecule has 103 heavy (non-hydrogen) atoms. The van der Waals surface area contributed by atoms with E-state index in [1.54, 1.807) is 0 Å². The molecular formula is C84H164O17P2. The first-order chi connectivity index (χ1) is 49.9. The quantitative estimate of drug-likeness (QED) is 0.0222. The van der Waals surface area contributed by atoms with Crippen molar-refractivity contribution in [3.63, 3.8) is 0 Å². The summed E-state index contributed by atoms with van der Waals surface area (Å²) in [5, 5.41) is 10.7. The van der Waals surface area contributed by atoms with Gasteiger partial charge >= 0.3 is 39.5 Å². The topological polar surface area (TPSA) is 237 Å². The van der Waals surface area contributed by atoms with E-state index in [1.165, 1.54) is 257 Å². The number of ether oxygens (including phenoxy) is 4. The van der Waals surface area contributed by atoms with E-state index in [2.05, 4.69) is 41.5 Å². The molecule has 0 spiro atoms. The number of hydrogen-bond donors (Lipinski definition) is 3. The van der Waals surface area contributed by atoms with Crippen molar-refractivity contribution in [2.75, 3.05) is 39.6 Å². The molecule has 0 amide bonds. The van der Waals surface area contributed by atoms with E-state index < -0.39 is 97.5 Å². The Bertz CT molecular complexity index is 1980. The van der Waals surface area contributed by atoms with E-state index in [-0.39, 0.29) is 25.7 Å². The molecule has 0 saturated heterocycles. The lowest BCUT2D eigenvalue weighted by atomic mass is 10.00. The summed E-state index contributed by atoms with van der Waals surface area (Å²) in [5.41, 5.74) is 0. The third-order valence-electron chi connectivity index (χ3n) is 20.1. The van der Waals surface area contributed by atoms with Crippen LogP contribution in [0.4, 0.5) is 0 Å². The van der Waals surface area contributed by atoms with Crippen molar-refractivity contribution in [3.8, 4) is 0 Å². The van der Waals surface area contributed by atoms with Crippen LogP contribution in [0.1, 0.15) is 446 Å². The summed E-state index contributed by atoms with van der Waals surface area (Å²) in [7, 11) is -9.92. The van der Waals surface area contributed by atoms with E-state index in [9.17, 15) is 43.2 Å². The number of unbranched alkanes of at least 4 members (excludes halogenated alkanes) is 52. The van der Waals surface area contributed by atoms with Crippen LogP contribution in [-0.4, -0.2) is 96.7 Å². The van der Waals surface area contributed by atoms with Gasteiger partial charge in [-0.3, -0.25) is 37.3 Å². The van der Waals surface area contributed by atoms with Crippen molar-refractivity contribution in [2.45, 2.75) is 464 Å². The van der Waals surface area contributed by atoms with E-state index in [1.807, 2.05) is 0 Å². The number of carbonyl (C=O) groups excluding carboxylic acids is 4. The van der Waals surface area contributed by atoms with Gasteiger partial charge in [-0.15, -0.1) is 0 Å². The predicted octanol–water partition coefficient (Wildman–Crippen LogP) is 25.5. The minimum Gasteiger partial charge on any atom is -0.462 e. The molecule has 0 aliphatic heterocycles. The van der Waals surface area contributed by atoms with Crippen molar-refractivity contribution < 1.29 is 80.2 Å². The Kier molecular flexibility index (Phi) is 74.1. The third kappa shape index (κ3) is 76.6. The summed E-state index contributed by atoms with van der Waals surface area (Å²) >= 11 is 0. The lowest BCUT2D eigenvalue weighted by Crippen LogP contribution is -2.30. The van der Waals surface area contributed by atoms with Gasteiger partial charge in [0.25, 0.3) is 0 Å². The van der Waals surface area contributed by atoms with Crippen molar-refractivity contribution in [3.05, 3.63) is 0 Å². The summed E-state index contributed by atoms with van der Waals surface area (Å²) in [5.74, 6) is -0.625. The molecule has 0 aliphatic rings. The van der Waals surface area contributed by atoms with Crippen LogP contribution in [-0.2, 0) is 65.4 Å². The Morgan fingerprint density at radius 3 is 0.738 bits per heavy atom. The molecule has 0 fully saturated rings. The van der Waals surface area contributed by atoms with Gasteiger partial charge in [0.05, 0.1) is 26.4 Å². The van der Waals surface area contributed by atoms with Gasteiger partial charge < -0.3 is 33.8 Å². The number of hydrogen-bond acceptors (Lipinski definition) is 15. The number of phosphoric acid groups is 2. The van der Waals surface area contributed by atoms with E-state index in [0.717, 1.165) is 108 Å². The van der Waals surface area contributed by atoms with Crippen molar-refractivity contribution in [1.82, 2.24) is 0 Å². The number of aliphatic hydroxyl groups is 1. The number of esters is 4. The van der Waals surface area contributed by atoms with Gasteiger partial charge in [0.2, 0.25) is 0 Å². The van der Waals surface area contributed by atoms with Gasteiger partial charge in [0, 0.05) is 25.7 Å². The van der Waals surface area contributed by atoms with Crippen LogP contribution < -0.4 is 0 Å². The molecule has 0 aliphatic carbocycles. The van der Waals surface area contributed by atoms with Crippen LogP contribution in [0.25, 0.3) is 0 Å². The SMILES string of the molecule is CCCCCCCCCCCCCCCCCCCCCCCC(=O)O[C@H](COC(=O)CCCCCCCCCCCCCCCCCCCCC)COP(=O)(O)OC[C@@H](O)COP(=O)(O)OC[C@@H](COC(=O)CCCCCCCCC(C)CC)OC(=O)CCCCCCCCCCCCC(C)C. The van der Waals surface area contributed by atoms with Crippen molar-refractivity contribution >= 4 is 39.5 Å². The molecule has 17 nitrogen and oxygen atoms in total. The molecule has 0 saturated carbocycles. The molecule has 0 bridgehead atoms. The van der Waals surface area contributed by atoms with Crippen LogP contribution in [0.15, 0.2) is 0 Å². The van der Waals surface area contributed by atoms with Gasteiger partial charge in [-0.25, -0.2) is 9.13 Å². The summed E-state index contributed by atoms with van der Waals surface area (Å²) in [6.07, 6.45) is 66.8. The Balaban J connectivity index is 5.22. The van der Waals surface area contributed by atoms with Gasteiger partial charge in [-0.05, 0) is 37.5 Å². The highest BCUT2D eigenvalue weighted by molar-refractivity contribution is 7.47. The summed E-state index contributed by atoms with van der Waals surface area (Å²) < 4.78 is 68.8. The molecule has 0 radical (unpaired) electrons. The molecule has 0 aromatic rings. The zero-order valence-electron chi connectivity index (χ0n) is 67.6. The maximum absolute atomic E-state index is 13.1. The average molecular weight is 1510 g/mol. The highest BCUT2D eigenvalue weighted by Gasteiger charge is 2.30. The van der Waals surface area contributed by atoms with Crippen LogP contribution in [0.2, 0.25) is 0 Å². The Morgan fingerprint density at radius 1 is 0.282 bits per heavy atom. The van der Waals surface area contributed by atoms with Gasteiger partial charge in [0.15, 0.2) is 12.2 Å². The minimum absolute atomic E-state index is 0.105. The van der Waals surface area contributed by atoms with E-state index in [0.29, 0.717) is 25.7 Å². The fourth-order valence-electron chi connectivity index (χ4n) is 13.0. The Labute approximate surface area is 632 Å². The molecule has 3 unspecified atom stereocenters. The molecule has 0 heterocycles. The Hall–Kier alpha value is -1.94. The molecule has 6 atom stereocenters. The first-order valence-corrected chi connectivity index (χ1v) is 46.5. The number of aliphatic hydroxyl groups excluding tert-OH is 1. The third-order valence-corrected chi connectivity index (χ3v) is 22.0. The molecule has 612 valence electrons. The number of rotatable bonds is 83. The van der Waals surface area contributed by atoms with E-state index in [4.69, 9.17) is 37.0 Å². The molecule has 0 rings (SSSR count). The second kappa shape index (κ2) is 75.5. The normalized spacial score (nSPS) is 14.1. The first-order valence-electron chi connectivity index (χ1n) is 43.5. The molecular weight excluding hydrogens is 1340 g/mol.